The van der Waals surface area contributed by atoms with Crippen molar-refractivity contribution >= 4 is 24.1 Å². The van der Waals surface area contributed by atoms with Crippen molar-refractivity contribution in [2.24, 2.45) is 23.7 Å². The summed E-state index contributed by atoms with van der Waals surface area (Å²) < 4.78 is 0. The predicted molar refractivity (Wildman–Crippen MR) is 112 cm³/mol. The van der Waals surface area contributed by atoms with E-state index in [1.165, 1.54) is 25.7 Å². The number of Topliss-reactive ketones (excluding diaryl/α,β-unsaturated/α-hetero) is 2. The van der Waals surface area contributed by atoms with Gasteiger partial charge in [0.1, 0.15) is 24.1 Å². The minimum atomic E-state index is -0.468. The van der Waals surface area contributed by atoms with Crippen molar-refractivity contribution in [3.63, 3.8) is 0 Å². The number of aldehydes is 2. The topological polar surface area (TPSA) is 68.3 Å². The number of ketones is 2. The Bertz CT molecular complexity index is 441. The first-order chi connectivity index (χ1) is 13.6. The maximum Gasteiger partial charge on any atom is 0.137 e. The number of rotatable bonds is 16. The Hall–Kier alpha value is -1.32. The molecule has 0 amide bonds. The summed E-state index contributed by atoms with van der Waals surface area (Å²) in [6.07, 6.45) is 14.5. The smallest absolute Gasteiger partial charge is 0.137 e. The third-order valence-electron chi connectivity index (χ3n) is 6.33. The van der Waals surface area contributed by atoms with E-state index >= 15 is 0 Å². The van der Waals surface area contributed by atoms with Crippen molar-refractivity contribution in [3.8, 4) is 0 Å². The largest absolute Gasteiger partial charge is 0.303 e. The van der Waals surface area contributed by atoms with Crippen LogP contribution >= 0.6 is 0 Å². The lowest BCUT2D eigenvalue weighted by Crippen LogP contribution is -2.40. The molecule has 0 aromatic heterocycles. The van der Waals surface area contributed by atoms with Crippen LogP contribution in [-0.4, -0.2) is 24.1 Å². The van der Waals surface area contributed by atoms with Crippen LogP contribution in [0.1, 0.15) is 104 Å². The van der Waals surface area contributed by atoms with Gasteiger partial charge >= 0.3 is 0 Å². The van der Waals surface area contributed by atoms with Crippen LogP contribution in [0.25, 0.3) is 0 Å². The molecular formula is C24H40O4. The SMILES string of the molecule is CCCCCCCC(C=O)C1CC(=O)C(C(C=O)CCCCCCC)CC1=O. The van der Waals surface area contributed by atoms with Gasteiger partial charge in [-0.1, -0.05) is 78.1 Å². The first kappa shape index (κ1) is 24.7. The highest BCUT2D eigenvalue weighted by atomic mass is 16.1. The van der Waals surface area contributed by atoms with E-state index in [9.17, 15) is 19.2 Å². The number of hydrogen-bond acceptors (Lipinski definition) is 4. The minimum absolute atomic E-state index is 0.00749. The fourth-order valence-corrected chi connectivity index (χ4v) is 4.44. The van der Waals surface area contributed by atoms with Crippen LogP contribution in [0.4, 0.5) is 0 Å². The Morgan fingerprint density at radius 3 is 1.36 bits per heavy atom. The van der Waals surface area contributed by atoms with Crippen molar-refractivity contribution in [1.82, 2.24) is 0 Å². The monoisotopic (exact) mass is 392 g/mol. The summed E-state index contributed by atoms with van der Waals surface area (Å²) in [5.74, 6) is -1.61. The van der Waals surface area contributed by atoms with Crippen LogP contribution in [-0.2, 0) is 19.2 Å². The molecule has 0 bridgehead atoms. The summed E-state index contributed by atoms with van der Waals surface area (Å²) in [5, 5.41) is 0. The standard InChI is InChI=1S/C24H40O4/c1-3-5-7-9-11-13-19(17-25)21-15-24(28)22(16-23(21)27)20(18-26)14-12-10-8-6-4-2/h17-22H,3-16H2,1-2H3. The van der Waals surface area contributed by atoms with Crippen LogP contribution in [0.5, 0.6) is 0 Å². The molecule has 1 rings (SSSR count). The fraction of sp³-hybridized carbons (Fsp3) is 0.833. The molecule has 4 unspecified atom stereocenters. The fourth-order valence-electron chi connectivity index (χ4n) is 4.44. The Labute approximate surface area is 171 Å². The first-order valence-corrected chi connectivity index (χ1v) is 11.5. The van der Waals surface area contributed by atoms with E-state index in [2.05, 4.69) is 13.8 Å². The molecule has 1 fully saturated rings. The second kappa shape index (κ2) is 14.6. The molecule has 1 aliphatic rings. The van der Waals surface area contributed by atoms with Gasteiger partial charge < -0.3 is 9.59 Å². The molecule has 28 heavy (non-hydrogen) atoms. The van der Waals surface area contributed by atoms with E-state index in [0.717, 1.165) is 51.1 Å². The van der Waals surface area contributed by atoms with Gasteiger partial charge in [0.25, 0.3) is 0 Å². The van der Waals surface area contributed by atoms with E-state index in [1.54, 1.807) is 0 Å². The normalized spacial score (nSPS) is 22.1. The zero-order valence-corrected chi connectivity index (χ0v) is 18.0. The molecule has 1 saturated carbocycles. The van der Waals surface area contributed by atoms with Gasteiger partial charge in [0.05, 0.1) is 0 Å². The second-order valence-electron chi connectivity index (χ2n) is 8.56. The summed E-state index contributed by atoms with van der Waals surface area (Å²) in [6, 6.07) is 0. The number of unbranched alkanes of at least 4 members (excludes halogenated alkanes) is 8. The second-order valence-corrected chi connectivity index (χ2v) is 8.56. The van der Waals surface area contributed by atoms with Crippen LogP contribution in [0.2, 0.25) is 0 Å². The van der Waals surface area contributed by atoms with Crippen LogP contribution in [0.3, 0.4) is 0 Å². The van der Waals surface area contributed by atoms with Crippen LogP contribution in [0, 0.1) is 23.7 Å². The minimum Gasteiger partial charge on any atom is -0.303 e. The van der Waals surface area contributed by atoms with Gasteiger partial charge in [-0.25, -0.2) is 0 Å². The van der Waals surface area contributed by atoms with Crippen molar-refractivity contribution in [1.29, 1.82) is 0 Å². The Balaban J connectivity index is 2.53. The quantitative estimate of drug-likeness (QED) is 0.257. The zero-order chi connectivity index (χ0) is 20.8. The Morgan fingerprint density at radius 1 is 0.679 bits per heavy atom. The maximum atomic E-state index is 12.7. The van der Waals surface area contributed by atoms with E-state index in [1.807, 2.05) is 0 Å². The molecule has 0 aromatic rings. The maximum absolute atomic E-state index is 12.7. The number of hydrogen-bond donors (Lipinski definition) is 0. The number of carbonyl (C=O) groups excluding carboxylic acids is 4. The highest BCUT2D eigenvalue weighted by Crippen LogP contribution is 2.35. The summed E-state index contributed by atoms with van der Waals surface area (Å²) >= 11 is 0. The van der Waals surface area contributed by atoms with Gasteiger partial charge in [-0.05, 0) is 12.8 Å². The van der Waals surface area contributed by atoms with E-state index < -0.39 is 11.8 Å². The third-order valence-corrected chi connectivity index (χ3v) is 6.33. The predicted octanol–water partition coefficient (Wildman–Crippen LogP) is 5.50. The lowest BCUT2D eigenvalue weighted by Gasteiger charge is -2.32. The summed E-state index contributed by atoms with van der Waals surface area (Å²) in [5.41, 5.74) is 0. The highest BCUT2D eigenvalue weighted by Gasteiger charge is 2.41. The zero-order valence-electron chi connectivity index (χ0n) is 18.0. The molecule has 0 heterocycles. The summed E-state index contributed by atoms with van der Waals surface area (Å²) in [6.45, 7) is 4.32. The average molecular weight is 393 g/mol. The van der Waals surface area contributed by atoms with Crippen molar-refractivity contribution in [2.75, 3.05) is 0 Å². The van der Waals surface area contributed by atoms with E-state index in [0.29, 0.717) is 12.8 Å². The third kappa shape index (κ3) is 8.36. The van der Waals surface area contributed by atoms with Gasteiger partial charge in [0.15, 0.2) is 0 Å². The Morgan fingerprint density at radius 2 is 1.04 bits per heavy atom. The van der Waals surface area contributed by atoms with Gasteiger partial charge in [-0.15, -0.1) is 0 Å². The van der Waals surface area contributed by atoms with Gasteiger partial charge in [0, 0.05) is 36.5 Å². The molecule has 0 aliphatic heterocycles. The van der Waals surface area contributed by atoms with E-state index in [-0.39, 0.29) is 36.2 Å². The van der Waals surface area contributed by atoms with Crippen LogP contribution < -0.4 is 0 Å². The van der Waals surface area contributed by atoms with Crippen molar-refractivity contribution < 1.29 is 19.2 Å². The van der Waals surface area contributed by atoms with Crippen molar-refractivity contribution in [3.05, 3.63) is 0 Å². The number of carbonyl (C=O) groups is 4. The molecule has 0 aromatic carbocycles. The molecule has 0 spiro atoms. The van der Waals surface area contributed by atoms with Gasteiger partial charge in [0.2, 0.25) is 0 Å². The molecule has 4 atom stereocenters. The lowest BCUT2D eigenvalue weighted by molar-refractivity contribution is -0.142. The Kier molecular flexibility index (Phi) is 12.9. The molecule has 4 nitrogen and oxygen atoms in total. The summed E-state index contributed by atoms with van der Waals surface area (Å²) in [7, 11) is 0. The van der Waals surface area contributed by atoms with E-state index in [4.69, 9.17) is 0 Å². The molecule has 160 valence electrons. The molecule has 0 saturated heterocycles. The molecule has 0 N–H and O–H groups in total. The molecule has 0 radical (unpaired) electrons. The lowest BCUT2D eigenvalue weighted by atomic mass is 9.69. The van der Waals surface area contributed by atoms with Crippen molar-refractivity contribution in [2.45, 2.75) is 104 Å². The van der Waals surface area contributed by atoms with Gasteiger partial charge in [-0.2, -0.15) is 0 Å². The molecular weight excluding hydrogens is 352 g/mol. The highest BCUT2D eigenvalue weighted by molar-refractivity contribution is 5.98. The van der Waals surface area contributed by atoms with Gasteiger partial charge in [-0.3, -0.25) is 9.59 Å². The molecule has 1 aliphatic carbocycles. The average Bonchev–Trinajstić information content (AvgIpc) is 2.70. The molecule has 4 heteroatoms. The first-order valence-electron chi connectivity index (χ1n) is 11.5. The summed E-state index contributed by atoms with van der Waals surface area (Å²) in [4.78, 5) is 48.5. The van der Waals surface area contributed by atoms with Crippen LogP contribution in [0.15, 0.2) is 0 Å².